The van der Waals surface area contributed by atoms with Crippen LogP contribution in [0.25, 0.3) is 0 Å². The van der Waals surface area contributed by atoms with Crippen molar-refractivity contribution in [2.75, 3.05) is 25.1 Å². The van der Waals surface area contributed by atoms with Crippen LogP contribution in [0.4, 0.5) is 4.79 Å². The van der Waals surface area contributed by atoms with Crippen molar-refractivity contribution in [2.45, 2.75) is 118 Å². The molecule has 0 aliphatic carbocycles. The summed E-state index contributed by atoms with van der Waals surface area (Å²) in [6, 6.07) is 4.43. The summed E-state index contributed by atoms with van der Waals surface area (Å²) in [5.74, 6) is 0.257. The quantitative estimate of drug-likeness (QED) is 0.206. The molecule has 222 valence electrons. The summed E-state index contributed by atoms with van der Waals surface area (Å²) in [6.45, 7) is 14.6. The molecule has 39 heavy (non-hydrogen) atoms. The van der Waals surface area contributed by atoms with Crippen LogP contribution in [0.2, 0.25) is 0 Å². The van der Waals surface area contributed by atoms with Gasteiger partial charge in [0.1, 0.15) is 17.7 Å². The highest BCUT2D eigenvalue weighted by Gasteiger charge is 2.36. The van der Waals surface area contributed by atoms with Gasteiger partial charge >= 0.3 is 6.09 Å². The minimum atomic E-state index is -0.792. The standard InChI is InChI=1S/C31H53N3O4S/c1-9-11-13-14-15-20-34(29(36)26(18-21-39-8)33-30(37)38-31(5,6)7)27(28(35)32-19-12-10-2)25-17-16-23(3)22-24(25)4/h16-17,22,26-27H,9-15,18-21H2,1-8H3,(H,32,35)(H,33,37). The van der Waals surface area contributed by atoms with Crippen molar-refractivity contribution in [2.24, 2.45) is 0 Å². The lowest BCUT2D eigenvalue weighted by atomic mass is 9.96. The third-order valence-electron chi connectivity index (χ3n) is 6.49. The Labute approximate surface area is 241 Å². The van der Waals surface area contributed by atoms with E-state index in [9.17, 15) is 14.4 Å². The predicted molar refractivity (Wildman–Crippen MR) is 163 cm³/mol. The van der Waals surface area contributed by atoms with Gasteiger partial charge in [0.2, 0.25) is 11.8 Å². The summed E-state index contributed by atoms with van der Waals surface area (Å²) >= 11 is 1.61. The number of benzene rings is 1. The Morgan fingerprint density at radius 2 is 1.67 bits per heavy atom. The van der Waals surface area contributed by atoms with E-state index in [4.69, 9.17) is 4.74 Å². The number of unbranched alkanes of at least 4 members (excludes halogenated alkanes) is 5. The normalized spacial score (nSPS) is 12.9. The molecule has 0 bridgehead atoms. The highest BCUT2D eigenvalue weighted by atomic mass is 32.2. The third kappa shape index (κ3) is 13.1. The maximum Gasteiger partial charge on any atom is 0.408 e. The summed E-state index contributed by atoms with van der Waals surface area (Å²) in [4.78, 5) is 42.5. The van der Waals surface area contributed by atoms with Crippen LogP contribution in [-0.2, 0) is 14.3 Å². The van der Waals surface area contributed by atoms with Gasteiger partial charge in [0, 0.05) is 13.1 Å². The lowest BCUT2D eigenvalue weighted by Crippen LogP contribution is -2.53. The zero-order valence-electron chi connectivity index (χ0n) is 25.7. The van der Waals surface area contributed by atoms with Gasteiger partial charge in [-0.05, 0) is 77.0 Å². The Morgan fingerprint density at radius 3 is 2.26 bits per heavy atom. The Kier molecular flexibility index (Phi) is 16.2. The molecule has 0 aliphatic heterocycles. The SMILES string of the molecule is CCCCCCCN(C(=O)C(CCSC)NC(=O)OC(C)(C)C)C(C(=O)NCCCC)c1ccc(C)cc1C. The first kappa shape index (κ1) is 34.8. The number of nitrogens with zero attached hydrogens (tertiary/aromatic N) is 1. The van der Waals surface area contributed by atoms with Gasteiger partial charge in [0.25, 0.3) is 0 Å². The Bertz CT molecular complexity index is 900. The average Bonchev–Trinajstić information content (AvgIpc) is 2.85. The van der Waals surface area contributed by atoms with Gasteiger partial charge < -0.3 is 20.3 Å². The van der Waals surface area contributed by atoms with Crippen LogP contribution in [0.3, 0.4) is 0 Å². The molecule has 0 fully saturated rings. The van der Waals surface area contributed by atoms with Crippen molar-refractivity contribution in [1.29, 1.82) is 0 Å². The van der Waals surface area contributed by atoms with Gasteiger partial charge in [-0.1, -0.05) is 69.7 Å². The molecular weight excluding hydrogens is 510 g/mol. The topological polar surface area (TPSA) is 87.7 Å². The van der Waals surface area contributed by atoms with Crippen LogP contribution >= 0.6 is 11.8 Å². The Hall–Kier alpha value is -2.22. The molecule has 2 N–H and O–H groups in total. The predicted octanol–water partition coefficient (Wildman–Crippen LogP) is 6.71. The van der Waals surface area contributed by atoms with Gasteiger partial charge in [-0.25, -0.2) is 4.79 Å². The number of hydrogen-bond acceptors (Lipinski definition) is 5. The number of carbonyl (C=O) groups excluding carboxylic acids is 3. The zero-order chi connectivity index (χ0) is 29.4. The van der Waals surface area contributed by atoms with Crippen LogP contribution in [-0.4, -0.2) is 59.5 Å². The molecule has 1 aromatic rings. The molecule has 2 unspecified atom stereocenters. The second kappa shape index (κ2) is 18.2. The van der Waals surface area contributed by atoms with Crippen LogP contribution in [0.1, 0.15) is 109 Å². The van der Waals surface area contributed by atoms with Crippen LogP contribution in [0.15, 0.2) is 18.2 Å². The molecule has 0 saturated heterocycles. The lowest BCUT2D eigenvalue weighted by molar-refractivity contribution is -0.142. The molecule has 0 spiro atoms. The smallest absolute Gasteiger partial charge is 0.408 e. The van der Waals surface area contributed by atoms with Crippen molar-refractivity contribution in [1.82, 2.24) is 15.5 Å². The van der Waals surface area contributed by atoms with E-state index in [2.05, 4.69) is 30.5 Å². The van der Waals surface area contributed by atoms with Crippen molar-refractivity contribution < 1.29 is 19.1 Å². The first-order chi connectivity index (χ1) is 18.4. The number of amides is 3. The van der Waals surface area contributed by atoms with E-state index in [1.54, 1.807) is 37.4 Å². The minimum absolute atomic E-state index is 0.182. The fourth-order valence-electron chi connectivity index (χ4n) is 4.46. The van der Waals surface area contributed by atoms with Crippen molar-refractivity contribution in [3.8, 4) is 0 Å². The Balaban J connectivity index is 3.47. The van der Waals surface area contributed by atoms with Crippen molar-refractivity contribution in [3.63, 3.8) is 0 Å². The number of alkyl carbamates (subject to hydrolysis) is 1. The molecule has 0 aliphatic rings. The van der Waals surface area contributed by atoms with Crippen LogP contribution < -0.4 is 10.6 Å². The maximum atomic E-state index is 14.3. The first-order valence-electron chi connectivity index (χ1n) is 14.6. The molecule has 1 rings (SSSR count). The molecule has 0 heterocycles. The summed E-state index contributed by atoms with van der Waals surface area (Å²) in [7, 11) is 0. The summed E-state index contributed by atoms with van der Waals surface area (Å²) in [5.41, 5.74) is 2.20. The number of rotatable bonds is 17. The third-order valence-corrected chi connectivity index (χ3v) is 7.14. The number of carbonyl (C=O) groups is 3. The monoisotopic (exact) mass is 563 g/mol. The van der Waals surface area contributed by atoms with Gasteiger partial charge in [-0.2, -0.15) is 11.8 Å². The molecule has 0 aromatic heterocycles. The average molecular weight is 564 g/mol. The van der Waals surface area contributed by atoms with Gasteiger partial charge in [-0.3, -0.25) is 9.59 Å². The largest absolute Gasteiger partial charge is 0.444 e. The van der Waals surface area contributed by atoms with E-state index in [1.807, 2.05) is 32.2 Å². The fraction of sp³-hybridized carbons (Fsp3) is 0.710. The van der Waals surface area contributed by atoms with Crippen molar-refractivity contribution >= 4 is 29.7 Å². The highest BCUT2D eigenvalue weighted by Crippen LogP contribution is 2.28. The molecule has 2 atom stereocenters. The van der Waals surface area contributed by atoms with Gasteiger partial charge in [0.15, 0.2) is 0 Å². The number of nitrogens with one attached hydrogen (secondary N) is 2. The highest BCUT2D eigenvalue weighted by molar-refractivity contribution is 7.98. The summed E-state index contributed by atoms with van der Waals surface area (Å²) in [6.07, 6.45) is 8.75. The molecule has 0 saturated carbocycles. The van der Waals surface area contributed by atoms with E-state index >= 15 is 0 Å². The molecule has 8 heteroatoms. The number of thioether (sulfide) groups is 1. The van der Waals surface area contributed by atoms with E-state index in [1.165, 1.54) is 0 Å². The molecule has 1 aromatic carbocycles. The number of aryl methyl sites for hydroxylation is 2. The molecule has 7 nitrogen and oxygen atoms in total. The molecule has 3 amide bonds. The van der Waals surface area contributed by atoms with E-state index in [0.29, 0.717) is 25.3 Å². The number of hydrogen-bond donors (Lipinski definition) is 2. The van der Waals surface area contributed by atoms with Crippen LogP contribution in [0.5, 0.6) is 0 Å². The van der Waals surface area contributed by atoms with Gasteiger partial charge in [-0.15, -0.1) is 0 Å². The Morgan fingerprint density at radius 1 is 1.00 bits per heavy atom. The summed E-state index contributed by atoms with van der Waals surface area (Å²) < 4.78 is 5.49. The minimum Gasteiger partial charge on any atom is -0.444 e. The van der Waals surface area contributed by atoms with Gasteiger partial charge in [0.05, 0.1) is 0 Å². The molecule has 0 radical (unpaired) electrons. The van der Waals surface area contributed by atoms with E-state index in [-0.39, 0.29) is 11.8 Å². The maximum absolute atomic E-state index is 14.3. The van der Waals surface area contributed by atoms with E-state index in [0.717, 1.165) is 61.6 Å². The lowest BCUT2D eigenvalue weighted by Gasteiger charge is -2.35. The zero-order valence-corrected chi connectivity index (χ0v) is 26.5. The van der Waals surface area contributed by atoms with Crippen molar-refractivity contribution in [3.05, 3.63) is 34.9 Å². The second-order valence-corrected chi connectivity index (χ2v) is 12.3. The number of ether oxygens (including phenoxy) is 1. The summed E-state index contributed by atoms with van der Waals surface area (Å²) in [5, 5.41) is 5.90. The first-order valence-corrected chi connectivity index (χ1v) is 16.0. The second-order valence-electron chi connectivity index (χ2n) is 11.3. The fourth-order valence-corrected chi connectivity index (χ4v) is 4.93. The van der Waals surface area contributed by atoms with E-state index < -0.39 is 23.8 Å². The molecular formula is C31H53N3O4S. The van der Waals surface area contributed by atoms with Crippen LogP contribution in [0, 0.1) is 13.8 Å².